The third-order valence-electron chi connectivity index (χ3n) is 2.42. The van der Waals surface area contributed by atoms with Gasteiger partial charge >= 0.3 is 0 Å². The van der Waals surface area contributed by atoms with Crippen molar-refractivity contribution in [3.05, 3.63) is 24.8 Å². The number of nitrogens with two attached hydrogens (primary N) is 1. The molecule has 90 valence electrons. The zero-order chi connectivity index (χ0) is 12.3. The van der Waals surface area contributed by atoms with Crippen LogP contribution in [0.4, 0.5) is 0 Å². The first kappa shape index (κ1) is 14.5. The van der Waals surface area contributed by atoms with Crippen LogP contribution in [0.2, 0.25) is 0 Å². The van der Waals surface area contributed by atoms with E-state index < -0.39 is 12.1 Å². The first-order valence-electron chi connectivity index (χ1n) is 5.09. The van der Waals surface area contributed by atoms with Gasteiger partial charge in [0.15, 0.2) is 0 Å². The van der Waals surface area contributed by atoms with Gasteiger partial charge in [-0.05, 0) is 63.7 Å². The second-order valence-electron chi connectivity index (χ2n) is 3.71. The summed E-state index contributed by atoms with van der Waals surface area (Å²) < 4.78 is 1.77. The molecule has 0 spiro atoms. The number of phenolic OH excluding ortho intramolecular Hbond substituents is 1. The monoisotopic (exact) mass is 447 g/mol. The minimum atomic E-state index is -0.607. The molecule has 0 aliphatic carbocycles. The van der Waals surface area contributed by atoms with Crippen molar-refractivity contribution >= 4 is 45.2 Å². The zero-order valence-corrected chi connectivity index (χ0v) is 13.3. The third-order valence-corrected chi connectivity index (χ3v) is 3.86. The van der Waals surface area contributed by atoms with Gasteiger partial charge in [-0.1, -0.05) is 13.3 Å². The molecular weight excluding hydrogens is 432 g/mol. The van der Waals surface area contributed by atoms with Crippen molar-refractivity contribution in [1.82, 2.24) is 0 Å². The number of aromatic hydroxyl groups is 1. The van der Waals surface area contributed by atoms with Gasteiger partial charge < -0.3 is 15.9 Å². The zero-order valence-electron chi connectivity index (χ0n) is 8.95. The Balaban J connectivity index is 3.03. The molecule has 2 atom stereocenters. The molecule has 1 rings (SSSR count). The quantitative estimate of drug-likeness (QED) is 0.623. The van der Waals surface area contributed by atoms with Crippen LogP contribution >= 0.6 is 45.2 Å². The van der Waals surface area contributed by atoms with Gasteiger partial charge in [-0.3, -0.25) is 0 Å². The molecule has 4 N–H and O–H groups in total. The van der Waals surface area contributed by atoms with Gasteiger partial charge in [0.05, 0.1) is 15.7 Å². The summed E-state index contributed by atoms with van der Waals surface area (Å²) in [4.78, 5) is 0. The van der Waals surface area contributed by atoms with E-state index in [2.05, 4.69) is 45.2 Å². The van der Waals surface area contributed by atoms with Gasteiger partial charge in [0.2, 0.25) is 0 Å². The van der Waals surface area contributed by atoms with E-state index in [4.69, 9.17) is 5.73 Å². The summed E-state index contributed by atoms with van der Waals surface area (Å²) in [7, 11) is 0. The topological polar surface area (TPSA) is 66.5 Å². The van der Waals surface area contributed by atoms with E-state index in [0.717, 1.165) is 13.6 Å². The summed E-state index contributed by atoms with van der Waals surface area (Å²) in [6.07, 6.45) is 0.907. The van der Waals surface area contributed by atoms with Crippen molar-refractivity contribution in [3.63, 3.8) is 0 Å². The van der Waals surface area contributed by atoms with Crippen LogP contribution < -0.4 is 5.73 Å². The number of hydrogen-bond donors (Lipinski definition) is 3. The second-order valence-corrected chi connectivity index (χ2v) is 6.12. The van der Waals surface area contributed by atoms with Crippen LogP contribution in [0.3, 0.4) is 0 Å². The Labute approximate surface area is 123 Å². The summed E-state index contributed by atoms with van der Waals surface area (Å²) >= 11 is 4.23. The third kappa shape index (κ3) is 3.44. The maximum absolute atomic E-state index is 9.91. The number of rotatable bonds is 4. The molecular formula is C11H15I2NO2. The highest BCUT2D eigenvalue weighted by atomic mass is 127. The number of phenols is 1. The molecule has 1 aromatic carbocycles. The number of benzene rings is 1. The Morgan fingerprint density at radius 1 is 1.38 bits per heavy atom. The fraction of sp³-hybridized carbons (Fsp3) is 0.455. The number of hydrogen-bond acceptors (Lipinski definition) is 3. The van der Waals surface area contributed by atoms with E-state index in [9.17, 15) is 10.2 Å². The van der Waals surface area contributed by atoms with Crippen LogP contribution in [-0.2, 0) is 0 Å². The van der Waals surface area contributed by atoms with Gasteiger partial charge in [-0.15, -0.1) is 0 Å². The Bertz CT molecular complexity index is 371. The van der Waals surface area contributed by atoms with Crippen molar-refractivity contribution in [2.75, 3.05) is 0 Å². The summed E-state index contributed by atoms with van der Waals surface area (Å²) in [5.41, 5.74) is 6.57. The van der Waals surface area contributed by atoms with Gasteiger partial charge in [0.1, 0.15) is 5.75 Å². The maximum Gasteiger partial charge on any atom is 0.133 e. The number of aliphatic hydroxyl groups is 1. The maximum atomic E-state index is 9.91. The van der Waals surface area contributed by atoms with Crippen molar-refractivity contribution in [2.24, 2.45) is 5.73 Å². The first-order chi connectivity index (χ1) is 7.47. The van der Waals surface area contributed by atoms with E-state index in [0.29, 0.717) is 12.0 Å². The van der Waals surface area contributed by atoms with E-state index in [1.54, 1.807) is 0 Å². The van der Waals surface area contributed by atoms with E-state index in [1.807, 2.05) is 19.1 Å². The highest BCUT2D eigenvalue weighted by molar-refractivity contribution is 14.1. The first-order valence-corrected chi connectivity index (χ1v) is 7.24. The summed E-state index contributed by atoms with van der Waals surface area (Å²) in [5, 5.41) is 19.7. The van der Waals surface area contributed by atoms with E-state index in [1.165, 1.54) is 0 Å². The largest absolute Gasteiger partial charge is 0.506 e. The smallest absolute Gasteiger partial charge is 0.133 e. The molecule has 0 saturated heterocycles. The van der Waals surface area contributed by atoms with Crippen LogP contribution in [0, 0.1) is 7.14 Å². The van der Waals surface area contributed by atoms with Gasteiger partial charge in [0, 0.05) is 9.13 Å². The Morgan fingerprint density at radius 3 is 2.56 bits per heavy atom. The molecule has 0 aliphatic rings. The Hall–Kier alpha value is 0.400. The molecule has 0 unspecified atom stereocenters. The lowest BCUT2D eigenvalue weighted by atomic mass is 9.98. The van der Waals surface area contributed by atoms with E-state index >= 15 is 0 Å². The summed E-state index contributed by atoms with van der Waals surface area (Å²) in [5.74, 6) is 0.184. The second kappa shape index (κ2) is 6.36. The lowest BCUT2D eigenvalue weighted by molar-refractivity contribution is 0.133. The van der Waals surface area contributed by atoms with Crippen LogP contribution in [0.15, 0.2) is 12.1 Å². The van der Waals surface area contributed by atoms with Crippen LogP contribution in [0.25, 0.3) is 0 Å². The lowest BCUT2D eigenvalue weighted by Gasteiger charge is -2.20. The molecule has 0 amide bonds. The summed E-state index contributed by atoms with van der Waals surface area (Å²) in [6.45, 7) is 1.99. The van der Waals surface area contributed by atoms with Crippen LogP contribution in [-0.4, -0.2) is 16.3 Å². The number of aliphatic hydroxyl groups excluding tert-OH is 1. The van der Waals surface area contributed by atoms with Gasteiger partial charge in [-0.2, -0.15) is 0 Å². The van der Waals surface area contributed by atoms with Crippen LogP contribution in [0.5, 0.6) is 5.75 Å². The molecule has 0 saturated carbocycles. The predicted molar refractivity (Wildman–Crippen MR) is 81.4 cm³/mol. The molecule has 1 aromatic rings. The highest BCUT2D eigenvalue weighted by Gasteiger charge is 2.20. The molecule has 0 bridgehead atoms. The molecule has 0 aromatic heterocycles. The van der Waals surface area contributed by atoms with Crippen molar-refractivity contribution in [3.8, 4) is 5.75 Å². The molecule has 0 radical (unpaired) electrons. The molecule has 0 heterocycles. The number of halogens is 2. The lowest BCUT2D eigenvalue weighted by Crippen LogP contribution is -2.26. The van der Waals surface area contributed by atoms with E-state index in [-0.39, 0.29) is 5.75 Å². The molecule has 0 aliphatic heterocycles. The molecule has 16 heavy (non-hydrogen) atoms. The fourth-order valence-electron chi connectivity index (χ4n) is 1.52. The average molecular weight is 447 g/mol. The fourth-order valence-corrected chi connectivity index (χ4v) is 3.41. The van der Waals surface area contributed by atoms with Crippen molar-refractivity contribution in [1.29, 1.82) is 0 Å². The standard InChI is InChI=1S/C11H15I2NO2/c1-2-3-9(15)10(14)7-4-6(12)5-8(13)11(7)16/h4-5,9-10,15-16H,2-3,14H2,1H3/t9-,10+/m0/s1. The van der Waals surface area contributed by atoms with Crippen LogP contribution in [0.1, 0.15) is 31.4 Å². The van der Waals surface area contributed by atoms with Crippen molar-refractivity contribution < 1.29 is 10.2 Å². The Morgan fingerprint density at radius 2 is 2.00 bits per heavy atom. The summed E-state index contributed by atoms with van der Waals surface area (Å²) in [6, 6.07) is 3.17. The van der Waals surface area contributed by atoms with Gasteiger partial charge in [0.25, 0.3) is 0 Å². The molecule has 0 fully saturated rings. The van der Waals surface area contributed by atoms with Gasteiger partial charge in [-0.25, -0.2) is 0 Å². The highest BCUT2D eigenvalue weighted by Crippen LogP contribution is 2.32. The molecule has 5 heteroatoms. The predicted octanol–water partition coefficient (Wildman–Crippen LogP) is 2.76. The molecule has 3 nitrogen and oxygen atoms in total. The minimum absolute atomic E-state index is 0.184. The average Bonchev–Trinajstić information content (AvgIpc) is 2.22. The minimum Gasteiger partial charge on any atom is -0.506 e. The SMILES string of the molecule is CCC[C@H](O)[C@H](N)c1cc(I)cc(I)c1O. The van der Waals surface area contributed by atoms with Crippen molar-refractivity contribution in [2.45, 2.75) is 31.9 Å². The normalized spacial score (nSPS) is 14.8. The Kier molecular flexibility index (Phi) is 5.75.